The fraction of sp³-hybridized carbons (Fsp3) is 0.857. The van der Waals surface area contributed by atoms with E-state index in [-0.39, 0.29) is 29.9 Å². The molecule has 2 heterocycles. The first-order chi connectivity index (χ1) is 9.51. The van der Waals surface area contributed by atoms with Gasteiger partial charge in [0.05, 0.1) is 18.6 Å². The number of hydrogen-bond acceptors (Lipinski definition) is 3. The fourth-order valence-corrected chi connectivity index (χ4v) is 3.45. The molecule has 6 heteroatoms. The highest BCUT2D eigenvalue weighted by molar-refractivity contribution is 5.86. The summed E-state index contributed by atoms with van der Waals surface area (Å²) in [5, 5.41) is 2.59. The highest BCUT2D eigenvalue weighted by atomic mass is 19.1. The van der Waals surface area contributed by atoms with Crippen molar-refractivity contribution >= 4 is 11.8 Å². The summed E-state index contributed by atoms with van der Waals surface area (Å²) < 4.78 is 20.0. The van der Waals surface area contributed by atoms with E-state index in [9.17, 15) is 14.0 Å². The van der Waals surface area contributed by atoms with Crippen molar-refractivity contribution in [3.63, 3.8) is 0 Å². The number of amides is 2. The molecule has 0 aromatic heterocycles. The highest BCUT2D eigenvalue weighted by Gasteiger charge is 2.51. The summed E-state index contributed by atoms with van der Waals surface area (Å²) in [5.74, 6) is -0.137. The van der Waals surface area contributed by atoms with Gasteiger partial charge >= 0.3 is 0 Å². The lowest BCUT2D eigenvalue weighted by Gasteiger charge is -2.35. The lowest BCUT2D eigenvalue weighted by Crippen LogP contribution is -2.50. The molecule has 0 aromatic rings. The number of likely N-dealkylation sites (tertiary alicyclic amines) is 1. The number of carbonyl (C=O) groups is 2. The molecule has 2 amide bonds. The van der Waals surface area contributed by atoms with E-state index >= 15 is 0 Å². The Kier molecular flexibility index (Phi) is 3.44. The van der Waals surface area contributed by atoms with Crippen LogP contribution in [0, 0.1) is 5.92 Å². The topological polar surface area (TPSA) is 58.6 Å². The molecule has 0 radical (unpaired) electrons. The number of fused-ring (bicyclic) bond motifs is 1. The molecule has 20 heavy (non-hydrogen) atoms. The molecule has 1 aliphatic carbocycles. The summed E-state index contributed by atoms with van der Waals surface area (Å²) in [5.41, 5.74) is -1.61. The third-order valence-electron chi connectivity index (χ3n) is 4.82. The van der Waals surface area contributed by atoms with Crippen LogP contribution in [0.1, 0.15) is 32.1 Å². The quantitative estimate of drug-likeness (QED) is 0.827. The second-order valence-electron chi connectivity index (χ2n) is 6.20. The van der Waals surface area contributed by atoms with Crippen LogP contribution in [-0.2, 0) is 14.3 Å². The Hall–Kier alpha value is -1.17. The molecule has 3 atom stereocenters. The molecule has 3 aliphatic rings. The predicted octanol–water partition coefficient (Wildman–Crippen LogP) is 0.631. The molecule has 1 N–H and O–H groups in total. The van der Waals surface area contributed by atoms with E-state index in [0.717, 1.165) is 12.8 Å². The van der Waals surface area contributed by atoms with Crippen molar-refractivity contribution in [1.82, 2.24) is 10.2 Å². The molecule has 3 rings (SSSR count). The zero-order chi connectivity index (χ0) is 14.3. The normalized spacial score (nSPS) is 34.5. The Bertz CT molecular complexity index is 411. The van der Waals surface area contributed by atoms with Crippen LogP contribution in [0.25, 0.3) is 0 Å². The fourth-order valence-electron chi connectivity index (χ4n) is 3.45. The summed E-state index contributed by atoms with van der Waals surface area (Å²) in [4.78, 5) is 25.1. The Labute approximate surface area is 117 Å². The van der Waals surface area contributed by atoms with Gasteiger partial charge < -0.3 is 15.0 Å². The first-order valence-electron chi connectivity index (χ1n) is 7.36. The summed E-state index contributed by atoms with van der Waals surface area (Å²) >= 11 is 0. The Morgan fingerprint density at radius 1 is 1.40 bits per heavy atom. The minimum absolute atomic E-state index is 0.0277. The number of nitrogens with zero attached hydrogens (tertiary/aromatic N) is 1. The van der Waals surface area contributed by atoms with Gasteiger partial charge in [0.25, 0.3) is 5.91 Å². The number of alkyl halides is 1. The van der Waals surface area contributed by atoms with Gasteiger partial charge in [-0.3, -0.25) is 9.59 Å². The van der Waals surface area contributed by atoms with Gasteiger partial charge in [-0.25, -0.2) is 4.39 Å². The van der Waals surface area contributed by atoms with Crippen molar-refractivity contribution in [3.8, 4) is 0 Å². The number of rotatable bonds is 3. The monoisotopic (exact) mass is 284 g/mol. The Balaban J connectivity index is 1.53. The van der Waals surface area contributed by atoms with Crippen molar-refractivity contribution in [2.75, 3.05) is 20.1 Å². The van der Waals surface area contributed by atoms with E-state index in [1.807, 2.05) is 0 Å². The first kappa shape index (κ1) is 13.8. The van der Waals surface area contributed by atoms with Gasteiger partial charge in [0.1, 0.15) is 0 Å². The zero-order valence-corrected chi connectivity index (χ0v) is 11.7. The molecule has 3 fully saturated rings. The summed E-state index contributed by atoms with van der Waals surface area (Å²) in [6.45, 7) is 1.04. The van der Waals surface area contributed by atoms with Gasteiger partial charge in [-0.2, -0.15) is 0 Å². The second-order valence-corrected chi connectivity index (χ2v) is 6.20. The lowest BCUT2D eigenvalue weighted by atomic mass is 9.81. The lowest BCUT2D eigenvalue weighted by molar-refractivity contribution is -0.149. The molecular formula is C14H21FN2O3. The van der Waals surface area contributed by atoms with E-state index in [2.05, 4.69) is 5.32 Å². The molecule has 0 bridgehead atoms. The largest absolute Gasteiger partial charge is 0.372 e. The van der Waals surface area contributed by atoms with Gasteiger partial charge in [-0.05, 0) is 25.7 Å². The average molecular weight is 284 g/mol. The van der Waals surface area contributed by atoms with Crippen molar-refractivity contribution in [2.24, 2.45) is 5.92 Å². The number of carbonyl (C=O) groups excluding carboxylic acids is 2. The maximum Gasteiger partial charge on any atom is 0.260 e. The Morgan fingerprint density at radius 3 is 2.70 bits per heavy atom. The second kappa shape index (κ2) is 4.98. The third kappa shape index (κ3) is 2.30. The van der Waals surface area contributed by atoms with Crippen LogP contribution in [-0.4, -0.2) is 54.7 Å². The van der Waals surface area contributed by atoms with E-state index in [1.54, 1.807) is 11.9 Å². The van der Waals surface area contributed by atoms with Crippen LogP contribution < -0.4 is 5.32 Å². The van der Waals surface area contributed by atoms with Gasteiger partial charge in [0, 0.05) is 26.1 Å². The van der Waals surface area contributed by atoms with Crippen LogP contribution in [0.2, 0.25) is 0 Å². The number of nitrogens with one attached hydrogen (secondary N) is 1. The molecule has 0 aromatic carbocycles. The molecule has 0 spiro atoms. The molecule has 5 nitrogen and oxygen atoms in total. The summed E-state index contributed by atoms with van der Waals surface area (Å²) in [6, 6.07) is 0. The van der Waals surface area contributed by atoms with Crippen LogP contribution in [0.15, 0.2) is 0 Å². The van der Waals surface area contributed by atoms with Gasteiger partial charge in [-0.1, -0.05) is 0 Å². The summed E-state index contributed by atoms with van der Waals surface area (Å²) in [7, 11) is 1.61. The summed E-state index contributed by atoms with van der Waals surface area (Å²) in [6.07, 6.45) is 2.57. The standard InChI is InChI=1S/C14H21FN2O3/c1-16-12(18)6-10-5-9-7-17(8-11(9)20-10)13(19)14(15)3-2-4-14/h9-11H,2-8H2,1H3,(H,16,18)/t9-,10-,11+/m0/s1. The van der Waals surface area contributed by atoms with Crippen molar-refractivity contribution in [3.05, 3.63) is 0 Å². The van der Waals surface area contributed by atoms with Gasteiger partial charge in [0.15, 0.2) is 5.67 Å². The average Bonchev–Trinajstić information content (AvgIpc) is 2.92. The van der Waals surface area contributed by atoms with Crippen LogP contribution >= 0.6 is 0 Å². The maximum atomic E-state index is 14.1. The molecular weight excluding hydrogens is 263 g/mol. The van der Waals surface area contributed by atoms with Gasteiger partial charge in [0.2, 0.25) is 5.91 Å². The smallest absolute Gasteiger partial charge is 0.260 e. The minimum atomic E-state index is -1.61. The van der Waals surface area contributed by atoms with Crippen LogP contribution in [0.5, 0.6) is 0 Å². The SMILES string of the molecule is CNC(=O)C[C@@H]1C[C@H]2CN(C(=O)C3(F)CCC3)C[C@H]2O1. The number of ether oxygens (including phenoxy) is 1. The maximum absolute atomic E-state index is 14.1. The zero-order valence-electron chi connectivity index (χ0n) is 11.7. The van der Waals surface area contributed by atoms with E-state index in [4.69, 9.17) is 4.74 Å². The van der Waals surface area contributed by atoms with Gasteiger partial charge in [-0.15, -0.1) is 0 Å². The molecule has 1 saturated carbocycles. The molecule has 2 saturated heterocycles. The number of hydrogen-bond donors (Lipinski definition) is 1. The third-order valence-corrected chi connectivity index (χ3v) is 4.82. The Morgan fingerprint density at radius 2 is 2.15 bits per heavy atom. The minimum Gasteiger partial charge on any atom is -0.372 e. The molecule has 112 valence electrons. The van der Waals surface area contributed by atoms with E-state index in [0.29, 0.717) is 32.4 Å². The predicted molar refractivity (Wildman–Crippen MR) is 69.7 cm³/mol. The van der Waals surface area contributed by atoms with Crippen LogP contribution in [0.3, 0.4) is 0 Å². The van der Waals surface area contributed by atoms with Crippen LogP contribution in [0.4, 0.5) is 4.39 Å². The van der Waals surface area contributed by atoms with E-state index in [1.165, 1.54) is 0 Å². The van der Waals surface area contributed by atoms with E-state index < -0.39 is 5.67 Å². The van der Waals surface area contributed by atoms with Crippen molar-refractivity contribution in [2.45, 2.75) is 50.0 Å². The van der Waals surface area contributed by atoms with Crippen molar-refractivity contribution < 1.29 is 18.7 Å². The highest BCUT2D eigenvalue weighted by Crippen LogP contribution is 2.41. The number of halogens is 1. The molecule has 2 aliphatic heterocycles. The van der Waals surface area contributed by atoms with Crippen molar-refractivity contribution in [1.29, 1.82) is 0 Å². The molecule has 0 unspecified atom stereocenters. The first-order valence-corrected chi connectivity index (χ1v) is 7.36.